The van der Waals surface area contributed by atoms with Crippen LogP contribution >= 0.6 is 0 Å². The van der Waals surface area contributed by atoms with Crippen LogP contribution in [0.15, 0.2) is 36.7 Å². The lowest BCUT2D eigenvalue weighted by Crippen LogP contribution is -2.24. The number of nitrogens with zero attached hydrogens (tertiary/aromatic N) is 3. The molecule has 2 rings (SSSR count). The molecule has 0 amide bonds. The maximum atomic E-state index is 4.10. The molecule has 4 heteroatoms. The second-order valence-electron chi connectivity index (χ2n) is 4.81. The van der Waals surface area contributed by atoms with Crippen LogP contribution in [-0.4, -0.2) is 21.3 Å². The molecule has 1 unspecified atom stereocenters. The summed E-state index contributed by atoms with van der Waals surface area (Å²) in [7, 11) is 1.98. The lowest BCUT2D eigenvalue weighted by Gasteiger charge is -2.18. The summed E-state index contributed by atoms with van der Waals surface area (Å²) in [6.07, 6.45) is 4.99. The minimum Gasteiger partial charge on any atom is -0.321 e. The third-order valence-electron chi connectivity index (χ3n) is 3.32. The monoisotopic (exact) mass is 258 g/mol. The van der Waals surface area contributed by atoms with Gasteiger partial charge in [-0.15, -0.1) is 10.2 Å². The number of nitrogens with one attached hydrogen (secondary N) is 1. The summed E-state index contributed by atoms with van der Waals surface area (Å²) in [5.74, 6) is 1.02. The third-order valence-corrected chi connectivity index (χ3v) is 3.32. The number of hydrogen-bond acceptors (Lipinski definition) is 3. The number of hydrogen-bond donors (Lipinski definition) is 1. The van der Waals surface area contributed by atoms with Gasteiger partial charge < -0.3 is 9.88 Å². The van der Waals surface area contributed by atoms with Gasteiger partial charge >= 0.3 is 0 Å². The molecule has 0 aliphatic carbocycles. The number of rotatable bonds is 7. The van der Waals surface area contributed by atoms with Gasteiger partial charge in [0.1, 0.15) is 12.2 Å². The average molecular weight is 258 g/mol. The molecule has 19 heavy (non-hydrogen) atoms. The number of benzene rings is 1. The van der Waals surface area contributed by atoms with Crippen molar-refractivity contribution in [3.8, 4) is 0 Å². The Kier molecular flexibility index (Phi) is 5.10. The second kappa shape index (κ2) is 7.04. The summed E-state index contributed by atoms with van der Waals surface area (Å²) in [4.78, 5) is 0. The number of aryl methyl sites for hydroxylation is 1. The van der Waals surface area contributed by atoms with Crippen molar-refractivity contribution in [2.45, 2.75) is 32.2 Å². The zero-order valence-corrected chi connectivity index (χ0v) is 11.7. The Morgan fingerprint density at radius 2 is 2.05 bits per heavy atom. The Morgan fingerprint density at radius 1 is 1.26 bits per heavy atom. The molecular formula is C15H22N4. The van der Waals surface area contributed by atoms with E-state index in [0.29, 0.717) is 6.04 Å². The topological polar surface area (TPSA) is 42.7 Å². The molecule has 0 aliphatic rings. The predicted octanol–water partition coefficient (Wildman–Crippen LogP) is 2.49. The smallest absolute Gasteiger partial charge is 0.133 e. The lowest BCUT2D eigenvalue weighted by atomic mass is 10.0. The maximum Gasteiger partial charge on any atom is 0.133 e. The van der Waals surface area contributed by atoms with E-state index < -0.39 is 0 Å². The van der Waals surface area contributed by atoms with Gasteiger partial charge in [0.25, 0.3) is 0 Å². The predicted molar refractivity (Wildman–Crippen MR) is 76.8 cm³/mol. The van der Waals surface area contributed by atoms with E-state index in [1.165, 1.54) is 12.0 Å². The summed E-state index contributed by atoms with van der Waals surface area (Å²) in [6.45, 7) is 3.15. The van der Waals surface area contributed by atoms with Crippen LogP contribution in [0.5, 0.6) is 0 Å². The van der Waals surface area contributed by atoms with E-state index in [4.69, 9.17) is 0 Å². The van der Waals surface area contributed by atoms with Crippen LogP contribution in [0.3, 0.4) is 0 Å². The van der Waals surface area contributed by atoms with Crippen LogP contribution in [0.4, 0.5) is 0 Å². The highest BCUT2D eigenvalue weighted by Crippen LogP contribution is 2.17. The Morgan fingerprint density at radius 3 is 2.68 bits per heavy atom. The SMILES string of the molecule is CCCC(NCCc1nncn1C)c1ccccc1. The van der Waals surface area contributed by atoms with Gasteiger partial charge in [-0.1, -0.05) is 43.7 Å². The summed E-state index contributed by atoms with van der Waals surface area (Å²) in [6, 6.07) is 11.1. The van der Waals surface area contributed by atoms with Crippen LogP contribution < -0.4 is 5.32 Å². The molecule has 0 spiro atoms. The molecule has 1 aromatic heterocycles. The average Bonchev–Trinajstić information content (AvgIpc) is 2.84. The van der Waals surface area contributed by atoms with E-state index in [1.807, 2.05) is 11.6 Å². The van der Waals surface area contributed by atoms with Gasteiger partial charge in [0.05, 0.1) is 0 Å². The molecule has 1 atom stereocenters. The lowest BCUT2D eigenvalue weighted by molar-refractivity contribution is 0.492. The molecular weight excluding hydrogens is 236 g/mol. The fourth-order valence-electron chi connectivity index (χ4n) is 2.25. The van der Waals surface area contributed by atoms with Gasteiger partial charge in [-0.25, -0.2) is 0 Å². The summed E-state index contributed by atoms with van der Waals surface area (Å²) >= 11 is 0. The molecule has 0 saturated heterocycles. The highest BCUT2D eigenvalue weighted by atomic mass is 15.2. The van der Waals surface area contributed by atoms with Crippen LogP contribution in [0.25, 0.3) is 0 Å². The van der Waals surface area contributed by atoms with Gasteiger partial charge in [0, 0.05) is 26.1 Å². The Hall–Kier alpha value is -1.68. The Labute approximate surface area is 114 Å². The second-order valence-corrected chi connectivity index (χ2v) is 4.81. The van der Waals surface area contributed by atoms with E-state index >= 15 is 0 Å². The molecule has 0 saturated carbocycles. The zero-order valence-electron chi connectivity index (χ0n) is 11.7. The summed E-state index contributed by atoms with van der Waals surface area (Å²) in [5, 5.41) is 11.6. The molecule has 2 aromatic rings. The van der Waals surface area contributed by atoms with Crippen molar-refractivity contribution in [3.63, 3.8) is 0 Å². The molecule has 0 fully saturated rings. The van der Waals surface area contributed by atoms with Crippen LogP contribution in [0.2, 0.25) is 0 Å². The molecule has 0 aliphatic heterocycles. The molecule has 102 valence electrons. The highest BCUT2D eigenvalue weighted by molar-refractivity contribution is 5.18. The molecule has 0 bridgehead atoms. The highest BCUT2D eigenvalue weighted by Gasteiger charge is 2.09. The molecule has 0 radical (unpaired) electrons. The summed E-state index contributed by atoms with van der Waals surface area (Å²) in [5.41, 5.74) is 1.36. The Balaban J connectivity index is 1.89. The standard InChI is InChI=1S/C15H22N4/c1-3-7-14(13-8-5-4-6-9-13)16-11-10-15-18-17-12-19(15)2/h4-6,8-9,12,14,16H,3,7,10-11H2,1-2H3. The minimum absolute atomic E-state index is 0.430. The molecule has 1 heterocycles. The minimum atomic E-state index is 0.430. The van der Waals surface area contributed by atoms with Crippen LogP contribution in [0, 0.1) is 0 Å². The van der Waals surface area contributed by atoms with E-state index in [-0.39, 0.29) is 0 Å². The van der Waals surface area contributed by atoms with Crippen molar-refractivity contribution in [2.75, 3.05) is 6.54 Å². The van der Waals surface area contributed by atoms with Crippen molar-refractivity contribution < 1.29 is 0 Å². The van der Waals surface area contributed by atoms with Crippen molar-refractivity contribution in [1.82, 2.24) is 20.1 Å². The summed E-state index contributed by atoms with van der Waals surface area (Å²) < 4.78 is 1.97. The van der Waals surface area contributed by atoms with Gasteiger partial charge in [0.15, 0.2) is 0 Å². The van der Waals surface area contributed by atoms with E-state index in [1.54, 1.807) is 6.33 Å². The van der Waals surface area contributed by atoms with Gasteiger partial charge in [0.2, 0.25) is 0 Å². The fraction of sp³-hybridized carbons (Fsp3) is 0.467. The largest absolute Gasteiger partial charge is 0.321 e. The van der Waals surface area contributed by atoms with Crippen molar-refractivity contribution in [3.05, 3.63) is 48.0 Å². The van der Waals surface area contributed by atoms with E-state index in [9.17, 15) is 0 Å². The first kappa shape index (κ1) is 13.7. The molecule has 4 nitrogen and oxygen atoms in total. The number of aromatic nitrogens is 3. The molecule has 1 aromatic carbocycles. The zero-order chi connectivity index (χ0) is 13.5. The van der Waals surface area contributed by atoms with Gasteiger partial charge in [-0.05, 0) is 12.0 Å². The normalized spacial score (nSPS) is 12.5. The van der Waals surface area contributed by atoms with Crippen LogP contribution in [-0.2, 0) is 13.5 Å². The van der Waals surface area contributed by atoms with Crippen molar-refractivity contribution in [2.24, 2.45) is 7.05 Å². The first-order chi connectivity index (χ1) is 9.31. The first-order valence-electron chi connectivity index (χ1n) is 6.92. The van der Waals surface area contributed by atoms with E-state index in [2.05, 4.69) is 52.8 Å². The van der Waals surface area contributed by atoms with Gasteiger partial charge in [-0.3, -0.25) is 0 Å². The fourth-order valence-corrected chi connectivity index (χ4v) is 2.25. The first-order valence-corrected chi connectivity index (χ1v) is 6.92. The van der Waals surface area contributed by atoms with E-state index in [0.717, 1.165) is 25.2 Å². The van der Waals surface area contributed by atoms with Crippen molar-refractivity contribution in [1.29, 1.82) is 0 Å². The van der Waals surface area contributed by atoms with Crippen LogP contribution in [0.1, 0.15) is 37.2 Å². The van der Waals surface area contributed by atoms with Gasteiger partial charge in [-0.2, -0.15) is 0 Å². The third kappa shape index (κ3) is 3.89. The van der Waals surface area contributed by atoms with Crippen molar-refractivity contribution >= 4 is 0 Å². The quantitative estimate of drug-likeness (QED) is 0.829. The maximum absolute atomic E-state index is 4.10. The molecule has 1 N–H and O–H groups in total. The Bertz CT molecular complexity index is 478.